The zero-order valence-electron chi connectivity index (χ0n) is 5.48. The average Bonchev–Trinajstić information content (AvgIpc) is 2.37. The van der Waals surface area contributed by atoms with Crippen molar-refractivity contribution in [2.75, 3.05) is 0 Å². The molecule has 0 aliphatic carbocycles. The molecule has 0 saturated carbocycles. The van der Waals surface area contributed by atoms with Crippen LogP contribution in [0.1, 0.15) is 10.5 Å². The van der Waals surface area contributed by atoms with Gasteiger partial charge < -0.3 is 16.6 Å². The number of imidazole rings is 1. The Morgan fingerprint density at radius 1 is 1.73 bits per heavy atom. The fourth-order valence-electron chi connectivity index (χ4n) is 0.544. The molecular weight excluding hydrogens is 148 g/mol. The highest BCUT2D eigenvalue weighted by molar-refractivity contribution is 5.90. The molecule has 1 aromatic heterocycles. The zero-order chi connectivity index (χ0) is 8.27. The van der Waals surface area contributed by atoms with Crippen LogP contribution >= 0.6 is 0 Å². The predicted octanol–water partition coefficient (Wildman–Crippen LogP) is -0.534. The Labute approximate surface area is 61.5 Å². The molecule has 0 fully saturated rings. The predicted molar refractivity (Wildman–Crippen MR) is 35.8 cm³/mol. The molecule has 7 nitrogen and oxygen atoms in total. The van der Waals surface area contributed by atoms with Gasteiger partial charge in [-0.2, -0.15) is 0 Å². The van der Waals surface area contributed by atoms with Gasteiger partial charge in [0.2, 0.25) is 5.95 Å². The number of aromatic nitrogens is 2. The van der Waals surface area contributed by atoms with Crippen LogP contribution in [0.15, 0.2) is 16.5 Å². The van der Waals surface area contributed by atoms with E-state index < -0.39 is 5.91 Å². The lowest BCUT2D eigenvalue weighted by Crippen LogP contribution is -2.10. The van der Waals surface area contributed by atoms with Gasteiger partial charge in [0.25, 0.3) is 5.91 Å². The van der Waals surface area contributed by atoms with Crippen molar-refractivity contribution in [2.45, 2.75) is 0 Å². The fourth-order valence-corrected chi connectivity index (χ4v) is 0.544. The van der Waals surface area contributed by atoms with E-state index in [0.717, 1.165) is 0 Å². The molecule has 0 radical (unpaired) electrons. The number of H-pyrrole nitrogens is 1. The van der Waals surface area contributed by atoms with Crippen molar-refractivity contribution in [1.29, 1.82) is 0 Å². The van der Waals surface area contributed by atoms with Crippen molar-refractivity contribution >= 4 is 11.9 Å². The minimum Gasteiger partial charge on any atom is -0.364 e. The third kappa shape index (κ3) is 1.51. The molecule has 0 aliphatic heterocycles. The third-order valence-electron chi connectivity index (χ3n) is 0.969. The van der Waals surface area contributed by atoms with Crippen molar-refractivity contribution in [3.63, 3.8) is 0 Å². The van der Waals surface area contributed by atoms with E-state index in [1.54, 1.807) is 0 Å². The average molecular weight is 154 g/mol. The Hall–Kier alpha value is -1.92. The van der Waals surface area contributed by atoms with Gasteiger partial charge in [-0.05, 0) is 0 Å². The summed E-state index contributed by atoms with van der Waals surface area (Å²) in [5, 5.41) is 6.30. The number of aromatic amines is 1. The number of primary amides is 1. The summed E-state index contributed by atoms with van der Waals surface area (Å²) in [7, 11) is 0. The van der Waals surface area contributed by atoms with E-state index >= 15 is 0 Å². The van der Waals surface area contributed by atoms with Gasteiger partial charge in [-0.25, -0.2) is 4.98 Å². The fraction of sp³-hybridized carbons (Fsp3) is 0. The minimum absolute atomic E-state index is 0.104. The zero-order valence-corrected chi connectivity index (χ0v) is 5.48. The number of nitrogens with one attached hydrogen (secondary N) is 1. The van der Waals surface area contributed by atoms with Gasteiger partial charge >= 0.3 is 0 Å². The van der Waals surface area contributed by atoms with Crippen LogP contribution in [-0.4, -0.2) is 15.9 Å². The van der Waals surface area contributed by atoms with Gasteiger partial charge in [0.15, 0.2) is 0 Å². The minimum atomic E-state index is -0.625. The van der Waals surface area contributed by atoms with Gasteiger partial charge in [-0.3, -0.25) is 4.79 Å². The van der Waals surface area contributed by atoms with E-state index in [-0.39, 0.29) is 11.6 Å². The number of nitrogens with zero attached hydrogens (tertiary/aromatic N) is 3. The van der Waals surface area contributed by atoms with Crippen LogP contribution in [0.3, 0.4) is 0 Å². The van der Waals surface area contributed by atoms with Crippen LogP contribution in [0.5, 0.6) is 0 Å². The normalized spacial score (nSPS) is 10.5. The van der Waals surface area contributed by atoms with Crippen LogP contribution in [0.2, 0.25) is 0 Å². The van der Waals surface area contributed by atoms with E-state index in [2.05, 4.69) is 20.3 Å². The largest absolute Gasteiger partial charge is 0.364 e. The first-order valence-electron chi connectivity index (χ1n) is 2.70. The number of amides is 1. The molecule has 1 aromatic rings. The van der Waals surface area contributed by atoms with Crippen LogP contribution in [-0.2, 0) is 0 Å². The summed E-state index contributed by atoms with van der Waals surface area (Å²) < 4.78 is 0. The summed E-state index contributed by atoms with van der Waals surface area (Å²) in [5.41, 5.74) is 5.00. The third-order valence-corrected chi connectivity index (χ3v) is 0.969. The van der Waals surface area contributed by atoms with Crippen molar-refractivity contribution in [2.24, 2.45) is 21.9 Å². The highest BCUT2D eigenvalue weighted by Crippen LogP contribution is 2.04. The molecule has 0 aromatic carbocycles. The van der Waals surface area contributed by atoms with E-state index in [1.165, 1.54) is 6.20 Å². The molecular formula is C4H6N6O. The van der Waals surface area contributed by atoms with Crippen LogP contribution in [0.25, 0.3) is 0 Å². The highest BCUT2D eigenvalue weighted by atomic mass is 16.1. The standard InChI is InChI=1S/C4H6N6O/c5-3(11)2-1-7-4(8-2)9-10-6/h1H,(H2,5,11)(H3,6,7,8,9). The van der Waals surface area contributed by atoms with E-state index in [0.29, 0.717) is 0 Å². The summed E-state index contributed by atoms with van der Waals surface area (Å²) in [6.45, 7) is 0. The number of hydrogen-bond acceptors (Lipinski definition) is 4. The van der Waals surface area contributed by atoms with E-state index in [4.69, 9.17) is 11.6 Å². The molecule has 11 heavy (non-hydrogen) atoms. The molecule has 0 unspecified atom stereocenters. The highest BCUT2D eigenvalue weighted by Gasteiger charge is 2.04. The Morgan fingerprint density at radius 3 is 2.91 bits per heavy atom. The summed E-state index contributed by atoms with van der Waals surface area (Å²) >= 11 is 0. The Bertz CT molecular complexity index is 289. The maximum Gasteiger partial charge on any atom is 0.268 e. The second-order valence-corrected chi connectivity index (χ2v) is 1.69. The topological polar surface area (TPSA) is 123 Å². The first kappa shape index (κ1) is 7.19. The van der Waals surface area contributed by atoms with Gasteiger partial charge in [0.05, 0.1) is 0 Å². The van der Waals surface area contributed by atoms with Gasteiger partial charge in [0.1, 0.15) is 5.69 Å². The molecule has 0 spiro atoms. The number of nitrogens with two attached hydrogens (primary N) is 2. The van der Waals surface area contributed by atoms with Crippen molar-refractivity contribution < 1.29 is 4.79 Å². The molecule has 7 heteroatoms. The summed E-state index contributed by atoms with van der Waals surface area (Å²) in [4.78, 5) is 16.6. The number of rotatable bonds is 2. The number of carbonyl (C=O) groups excluding carboxylic acids is 1. The Morgan fingerprint density at radius 2 is 2.45 bits per heavy atom. The SMILES string of the molecule is NN=Nc1nc(C(N)=O)c[nH]1. The molecule has 0 bridgehead atoms. The monoisotopic (exact) mass is 154 g/mol. The van der Waals surface area contributed by atoms with Gasteiger partial charge in [-0.15, -0.1) is 0 Å². The molecule has 58 valence electrons. The number of hydrogen-bond donors (Lipinski definition) is 3. The summed E-state index contributed by atoms with van der Waals surface area (Å²) in [5.74, 6) is 4.26. The van der Waals surface area contributed by atoms with Crippen LogP contribution < -0.4 is 11.6 Å². The van der Waals surface area contributed by atoms with Gasteiger partial charge in [-0.1, -0.05) is 10.3 Å². The second kappa shape index (κ2) is 2.78. The van der Waals surface area contributed by atoms with Crippen molar-refractivity contribution in [1.82, 2.24) is 9.97 Å². The summed E-state index contributed by atoms with van der Waals surface area (Å²) in [6.07, 6.45) is 1.33. The maximum atomic E-state index is 10.5. The van der Waals surface area contributed by atoms with Gasteiger partial charge in [0, 0.05) is 6.20 Å². The van der Waals surface area contributed by atoms with Crippen LogP contribution in [0, 0.1) is 0 Å². The molecule has 5 N–H and O–H groups in total. The lowest BCUT2D eigenvalue weighted by molar-refractivity contribution is 0.0996. The number of carbonyl (C=O) groups is 1. The smallest absolute Gasteiger partial charge is 0.268 e. The Balaban J connectivity index is 2.90. The molecule has 0 saturated heterocycles. The lowest BCUT2D eigenvalue weighted by Gasteiger charge is -1.80. The molecule has 1 rings (SSSR count). The second-order valence-electron chi connectivity index (χ2n) is 1.69. The quantitative estimate of drug-likeness (QED) is 0.301. The van der Waals surface area contributed by atoms with Crippen molar-refractivity contribution in [3.05, 3.63) is 11.9 Å². The first-order chi connectivity index (χ1) is 5.24. The molecule has 0 aliphatic rings. The summed E-state index contributed by atoms with van der Waals surface area (Å²) in [6, 6.07) is 0. The molecule has 1 amide bonds. The van der Waals surface area contributed by atoms with Crippen LogP contribution in [0.4, 0.5) is 5.95 Å². The molecule has 1 heterocycles. The maximum absolute atomic E-state index is 10.5. The molecule has 0 atom stereocenters. The van der Waals surface area contributed by atoms with E-state index in [1.807, 2.05) is 0 Å². The van der Waals surface area contributed by atoms with Crippen molar-refractivity contribution in [3.8, 4) is 0 Å². The Kier molecular flexibility index (Phi) is 1.81. The lowest BCUT2D eigenvalue weighted by atomic mass is 10.5. The first-order valence-corrected chi connectivity index (χ1v) is 2.70. The van der Waals surface area contributed by atoms with E-state index in [9.17, 15) is 4.79 Å².